The first-order valence-electron chi connectivity index (χ1n) is 8.80. The number of carbonyl (C=O) groups excluding carboxylic acids is 1. The van der Waals surface area contributed by atoms with E-state index in [0.717, 1.165) is 9.87 Å². The van der Waals surface area contributed by atoms with Gasteiger partial charge < -0.3 is 9.47 Å². The number of rotatable bonds is 8. The van der Waals surface area contributed by atoms with Gasteiger partial charge >= 0.3 is 0 Å². The lowest BCUT2D eigenvalue weighted by Crippen LogP contribution is -2.40. The molecule has 0 unspecified atom stereocenters. The van der Waals surface area contributed by atoms with Crippen molar-refractivity contribution in [2.24, 2.45) is 5.10 Å². The van der Waals surface area contributed by atoms with Crippen molar-refractivity contribution in [2.75, 3.05) is 25.1 Å². The molecule has 0 heterocycles. The molecule has 8 nitrogen and oxygen atoms in total. The standard InChI is InChI=1S/C20H25N3O5S/c1-14(2)21-22-20(24)13-23(18-12-16(27-4)8-11-19(18)28-5)29(25,26)17-9-6-15(3)7-10-17/h6-12H,13H2,1-5H3,(H,22,24). The Labute approximate surface area is 171 Å². The van der Waals surface area contributed by atoms with Crippen LogP contribution >= 0.6 is 0 Å². The zero-order valence-electron chi connectivity index (χ0n) is 17.1. The van der Waals surface area contributed by atoms with Crippen LogP contribution in [0.2, 0.25) is 0 Å². The minimum atomic E-state index is -4.07. The van der Waals surface area contributed by atoms with Crippen LogP contribution in [0.15, 0.2) is 52.5 Å². The van der Waals surface area contributed by atoms with Gasteiger partial charge in [0, 0.05) is 11.8 Å². The molecule has 0 aliphatic rings. The molecule has 29 heavy (non-hydrogen) atoms. The maximum Gasteiger partial charge on any atom is 0.264 e. The van der Waals surface area contributed by atoms with Gasteiger partial charge in [-0.2, -0.15) is 5.10 Å². The number of amides is 1. The highest BCUT2D eigenvalue weighted by molar-refractivity contribution is 7.92. The summed E-state index contributed by atoms with van der Waals surface area (Å²) < 4.78 is 38.3. The number of hydrogen-bond acceptors (Lipinski definition) is 6. The fraction of sp³-hybridized carbons (Fsp3) is 0.300. The van der Waals surface area contributed by atoms with Crippen molar-refractivity contribution in [1.29, 1.82) is 0 Å². The number of nitrogens with one attached hydrogen (secondary N) is 1. The Bertz CT molecular complexity index is 997. The highest BCUT2D eigenvalue weighted by atomic mass is 32.2. The lowest BCUT2D eigenvalue weighted by atomic mass is 10.2. The Hall–Kier alpha value is -3.07. The summed E-state index contributed by atoms with van der Waals surface area (Å²) in [6, 6.07) is 11.1. The maximum atomic E-state index is 13.4. The number of nitrogens with zero attached hydrogens (tertiary/aromatic N) is 2. The Balaban J connectivity index is 2.58. The molecule has 0 atom stereocenters. The van der Waals surface area contributed by atoms with Gasteiger partial charge in [0.1, 0.15) is 18.0 Å². The third kappa shape index (κ3) is 5.47. The molecule has 2 rings (SSSR count). The number of benzene rings is 2. The Morgan fingerprint density at radius 1 is 1.07 bits per heavy atom. The summed E-state index contributed by atoms with van der Waals surface area (Å²) in [5.74, 6) is 0.115. The van der Waals surface area contributed by atoms with Crippen molar-refractivity contribution in [1.82, 2.24) is 5.43 Å². The molecule has 0 saturated heterocycles. The topological polar surface area (TPSA) is 97.3 Å². The highest BCUT2D eigenvalue weighted by Crippen LogP contribution is 2.35. The minimum absolute atomic E-state index is 0.0518. The second-order valence-electron chi connectivity index (χ2n) is 6.46. The van der Waals surface area contributed by atoms with E-state index in [9.17, 15) is 13.2 Å². The molecule has 0 radical (unpaired) electrons. The summed E-state index contributed by atoms with van der Waals surface area (Å²) in [6.45, 7) is 4.80. The number of carbonyl (C=O) groups is 1. The van der Waals surface area contributed by atoms with Gasteiger partial charge in [-0.15, -0.1) is 0 Å². The van der Waals surface area contributed by atoms with Crippen molar-refractivity contribution in [2.45, 2.75) is 25.7 Å². The molecule has 0 aliphatic heterocycles. The van der Waals surface area contributed by atoms with Crippen molar-refractivity contribution in [3.63, 3.8) is 0 Å². The van der Waals surface area contributed by atoms with E-state index in [2.05, 4.69) is 10.5 Å². The van der Waals surface area contributed by atoms with Gasteiger partial charge in [0.2, 0.25) is 0 Å². The molecular weight excluding hydrogens is 394 g/mol. The second kappa shape index (κ2) is 9.42. The van der Waals surface area contributed by atoms with Gasteiger partial charge in [0.25, 0.3) is 15.9 Å². The molecule has 1 N–H and O–H groups in total. The largest absolute Gasteiger partial charge is 0.497 e. The number of ether oxygens (including phenoxy) is 2. The Morgan fingerprint density at radius 3 is 2.28 bits per heavy atom. The van der Waals surface area contributed by atoms with E-state index in [1.807, 2.05) is 6.92 Å². The van der Waals surface area contributed by atoms with Gasteiger partial charge in [0.05, 0.1) is 24.8 Å². The Morgan fingerprint density at radius 2 is 1.72 bits per heavy atom. The molecule has 0 spiro atoms. The summed E-state index contributed by atoms with van der Waals surface area (Å²) in [5, 5.41) is 3.85. The number of hydrazone groups is 1. The highest BCUT2D eigenvalue weighted by Gasteiger charge is 2.30. The molecule has 1 amide bonds. The lowest BCUT2D eigenvalue weighted by molar-refractivity contribution is -0.119. The third-order valence-corrected chi connectivity index (χ3v) is 5.73. The number of hydrogen-bond donors (Lipinski definition) is 1. The fourth-order valence-electron chi connectivity index (χ4n) is 2.47. The SMILES string of the molecule is COc1ccc(OC)c(N(CC(=O)NN=C(C)C)S(=O)(=O)c2ccc(C)cc2)c1. The fourth-order valence-corrected chi connectivity index (χ4v) is 3.89. The van der Waals surface area contributed by atoms with Gasteiger partial charge in [-0.3, -0.25) is 9.10 Å². The van der Waals surface area contributed by atoms with Crippen LogP contribution in [0.25, 0.3) is 0 Å². The molecule has 0 aromatic heterocycles. The first-order chi connectivity index (χ1) is 13.7. The molecule has 156 valence electrons. The van der Waals surface area contributed by atoms with Crippen LogP contribution < -0.4 is 19.2 Å². The summed E-state index contributed by atoms with van der Waals surface area (Å²) in [7, 11) is -1.18. The molecule has 0 saturated carbocycles. The lowest BCUT2D eigenvalue weighted by Gasteiger charge is -2.25. The van der Waals surface area contributed by atoms with E-state index < -0.39 is 22.5 Å². The molecular formula is C20H25N3O5S. The average Bonchev–Trinajstić information content (AvgIpc) is 2.70. The van der Waals surface area contributed by atoms with Crippen molar-refractivity contribution in [3.05, 3.63) is 48.0 Å². The first kappa shape index (κ1) is 22.2. The number of aryl methyl sites for hydroxylation is 1. The smallest absolute Gasteiger partial charge is 0.264 e. The van der Waals surface area contributed by atoms with Crippen molar-refractivity contribution >= 4 is 27.3 Å². The van der Waals surface area contributed by atoms with Crippen LogP contribution in [0.3, 0.4) is 0 Å². The maximum absolute atomic E-state index is 13.4. The third-order valence-electron chi connectivity index (χ3n) is 3.96. The van der Waals surface area contributed by atoms with Crippen LogP contribution in [-0.4, -0.2) is 40.8 Å². The minimum Gasteiger partial charge on any atom is -0.497 e. The zero-order valence-corrected chi connectivity index (χ0v) is 17.9. The van der Waals surface area contributed by atoms with E-state index in [0.29, 0.717) is 11.5 Å². The van der Waals surface area contributed by atoms with Crippen LogP contribution in [0.5, 0.6) is 11.5 Å². The van der Waals surface area contributed by atoms with Crippen LogP contribution in [0.1, 0.15) is 19.4 Å². The molecule has 0 bridgehead atoms. The van der Waals surface area contributed by atoms with Gasteiger partial charge in [-0.1, -0.05) is 17.7 Å². The van der Waals surface area contributed by atoms with Gasteiger partial charge in [0.15, 0.2) is 0 Å². The summed E-state index contributed by atoms with van der Waals surface area (Å²) >= 11 is 0. The molecule has 2 aromatic carbocycles. The first-order valence-corrected chi connectivity index (χ1v) is 10.2. The summed E-state index contributed by atoms with van der Waals surface area (Å²) in [5.41, 5.74) is 4.08. The normalized spacial score (nSPS) is 10.8. The number of sulfonamides is 1. The predicted molar refractivity (Wildman–Crippen MR) is 112 cm³/mol. The number of anilines is 1. The van der Waals surface area contributed by atoms with Crippen molar-refractivity contribution in [3.8, 4) is 11.5 Å². The Kier molecular flexibility index (Phi) is 7.22. The van der Waals surface area contributed by atoms with Crippen LogP contribution in [0, 0.1) is 6.92 Å². The van der Waals surface area contributed by atoms with E-state index in [1.165, 1.54) is 32.4 Å². The summed E-state index contributed by atoms with van der Waals surface area (Å²) in [4.78, 5) is 12.5. The van der Waals surface area contributed by atoms with E-state index in [4.69, 9.17) is 9.47 Å². The molecule has 9 heteroatoms. The quantitative estimate of drug-likeness (QED) is 0.524. The molecule has 0 aliphatic carbocycles. The molecule has 0 fully saturated rings. The summed E-state index contributed by atoms with van der Waals surface area (Å²) in [6.07, 6.45) is 0. The van der Waals surface area contributed by atoms with Gasteiger partial charge in [-0.05, 0) is 45.0 Å². The predicted octanol–water partition coefficient (Wildman–Crippen LogP) is 2.72. The van der Waals surface area contributed by atoms with Crippen molar-refractivity contribution < 1.29 is 22.7 Å². The van der Waals surface area contributed by atoms with E-state index in [-0.39, 0.29) is 16.3 Å². The van der Waals surface area contributed by atoms with Gasteiger partial charge in [-0.25, -0.2) is 13.8 Å². The van der Waals surface area contributed by atoms with Crippen LogP contribution in [0.4, 0.5) is 5.69 Å². The monoisotopic (exact) mass is 419 g/mol. The van der Waals surface area contributed by atoms with Crippen LogP contribution in [-0.2, 0) is 14.8 Å². The second-order valence-corrected chi connectivity index (χ2v) is 8.32. The number of methoxy groups -OCH3 is 2. The average molecular weight is 420 g/mol. The molecule has 2 aromatic rings. The van der Waals surface area contributed by atoms with E-state index >= 15 is 0 Å². The van der Waals surface area contributed by atoms with E-state index in [1.54, 1.807) is 38.1 Å². The zero-order chi connectivity index (χ0) is 21.6.